The molecule has 1 atom stereocenters. The zero-order chi connectivity index (χ0) is 25.5. The molecule has 1 aromatic heterocycles. The Morgan fingerprint density at radius 1 is 1.19 bits per heavy atom. The average molecular weight is 629 g/mol. The SMILES string of the molecule is CCCCCCC(CC)Nc1[c-]c2c(nn1)-c1ccc(OC)cc1COCCC2.CCOC(C)=O.[Nd]. The fraction of sp³-hybridized carbons (Fsp3) is 0.607. The molecular weight excluding hydrogens is 587 g/mol. The molecule has 2 aromatic rings. The molecule has 1 N–H and O–H groups in total. The summed E-state index contributed by atoms with van der Waals surface area (Å²) < 4.78 is 15.6. The molecule has 0 radical (unpaired) electrons. The second kappa shape index (κ2) is 18.9. The van der Waals surface area contributed by atoms with Gasteiger partial charge in [0.25, 0.3) is 0 Å². The number of anilines is 1. The number of rotatable bonds is 10. The second-order valence-corrected chi connectivity index (χ2v) is 8.70. The molecule has 2 heterocycles. The summed E-state index contributed by atoms with van der Waals surface area (Å²) in [5, 5.41) is 12.7. The van der Waals surface area contributed by atoms with Crippen LogP contribution < -0.4 is 10.1 Å². The first kappa shape index (κ1) is 32.7. The van der Waals surface area contributed by atoms with Gasteiger partial charge in [-0.15, -0.1) is 0 Å². The predicted octanol–water partition coefficient (Wildman–Crippen LogP) is 6.15. The van der Waals surface area contributed by atoms with E-state index in [-0.39, 0.29) is 46.8 Å². The monoisotopic (exact) mass is 626 g/mol. The Morgan fingerprint density at radius 3 is 2.64 bits per heavy atom. The number of ether oxygens (including phenoxy) is 3. The minimum absolute atomic E-state index is 0. The van der Waals surface area contributed by atoms with Crippen LogP contribution in [0.4, 0.5) is 5.82 Å². The van der Waals surface area contributed by atoms with Crippen LogP contribution in [0.2, 0.25) is 0 Å². The summed E-state index contributed by atoms with van der Waals surface area (Å²) >= 11 is 0. The molecule has 0 bridgehead atoms. The number of carbonyl (C=O) groups is 1. The van der Waals surface area contributed by atoms with E-state index in [0.717, 1.165) is 59.8 Å². The summed E-state index contributed by atoms with van der Waals surface area (Å²) in [6.45, 7) is 9.41. The van der Waals surface area contributed by atoms with Crippen molar-refractivity contribution in [3.63, 3.8) is 0 Å². The van der Waals surface area contributed by atoms with Gasteiger partial charge >= 0.3 is 5.97 Å². The number of benzene rings is 1. The number of esters is 1. The maximum Gasteiger partial charge on any atom is 0.302 e. The van der Waals surface area contributed by atoms with Crippen LogP contribution in [0.3, 0.4) is 0 Å². The van der Waals surface area contributed by atoms with E-state index in [1.54, 1.807) is 14.0 Å². The van der Waals surface area contributed by atoms with E-state index in [1.165, 1.54) is 39.0 Å². The third-order valence-corrected chi connectivity index (χ3v) is 5.93. The van der Waals surface area contributed by atoms with Gasteiger partial charge in [-0.05, 0) is 43.9 Å². The van der Waals surface area contributed by atoms with Crippen molar-refractivity contribution in [3.05, 3.63) is 35.4 Å². The maximum absolute atomic E-state index is 9.82. The quantitative estimate of drug-likeness (QED) is 0.192. The van der Waals surface area contributed by atoms with E-state index in [0.29, 0.717) is 19.3 Å². The number of hydrogen-bond acceptors (Lipinski definition) is 7. The molecule has 0 saturated carbocycles. The molecule has 0 spiro atoms. The Hall–Kier alpha value is -1.32. The Labute approximate surface area is 250 Å². The van der Waals surface area contributed by atoms with E-state index in [4.69, 9.17) is 9.47 Å². The number of carbonyl (C=O) groups excluding carboxylic acids is 1. The zero-order valence-corrected chi connectivity index (χ0v) is 25.8. The van der Waals surface area contributed by atoms with Gasteiger partial charge in [-0.3, -0.25) is 4.79 Å². The van der Waals surface area contributed by atoms with Crippen LogP contribution in [0.25, 0.3) is 11.3 Å². The third kappa shape index (κ3) is 11.4. The summed E-state index contributed by atoms with van der Waals surface area (Å²) in [5.41, 5.74) is 4.16. The molecule has 7 nitrogen and oxygen atoms in total. The normalized spacial score (nSPS) is 13.1. The molecule has 1 unspecified atom stereocenters. The average Bonchev–Trinajstić information content (AvgIpc) is 2.94. The van der Waals surface area contributed by atoms with Crippen molar-refractivity contribution in [2.75, 3.05) is 25.6 Å². The number of nitrogens with one attached hydrogen (secondary N) is 1. The number of hydrogen-bond donors (Lipinski definition) is 1. The van der Waals surface area contributed by atoms with Crippen LogP contribution in [0, 0.1) is 46.9 Å². The molecular formula is C28H42N3NdO4-. The van der Waals surface area contributed by atoms with Gasteiger partial charge in [0.15, 0.2) is 0 Å². The van der Waals surface area contributed by atoms with Crippen LogP contribution in [-0.4, -0.2) is 42.5 Å². The Bertz CT molecular complexity index is 910. The largest absolute Gasteiger partial charge is 0.497 e. The van der Waals surface area contributed by atoms with Crippen LogP contribution >= 0.6 is 0 Å². The van der Waals surface area contributed by atoms with Gasteiger partial charge in [0.2, 0.25) is 0 Å². The number of unbranched alkanes of at least 4 members (excludes halogenated alkanes) is 3. The number of aromatic nitrogens is 2. The van der Waals surface area contributed by atoms with Crippen LogP contribution in [-0.2, 0) is 27.3 Å². The summed E-state index contributed by atoms with van der Waals surface area (Å²) in [4.78, 5) is 9.82. The zero-order valence-electron chi connectivity index (χ0n) is 22.6. The molecule has 0 aliphatic carbocycles. The van der Waals surface area contributed by atoms with Gasteiger partial charge in [-0.25, -0.2) is 5.10 Å². The molecule has 36 heavy (non-hydrogen) atoms. The number of nitrogens with zero attached hydrogens (tertiary/aromatic N) is 2. The number of methoxy groups -OCH3 is 1. The first-order valence-corrected chi connectivity index (χ1v) is 13.0. The summed E-state index contributed by atoms with van der Waals surface area (Å²) in [6, 6.07) is 10.0. The van der Waals surface area contributed by atoms with E-state index >= 15 is 0 Å². The van der Waals surface area contributed by atoms with Crippen molar-refractivity contribution in [2.24, 2.45) is 0 Å². The topological polar surface area (TPSA) is 82.6 Å². The van der Waals surface area contributed by atoms with Gasteiger partial charge in [0.1, 0.15) is 5.75 Å². The predicted molar refractivity (Wildman–Crippen MR) is 140 cm³/mol. The molecule has 198 valence electrons. The molecule has 8 heteroatoms. The third-order valence-electron chi connectivity index (χ3n) is 5.93. The Morgan fingerprint density at radius 2 is 2.00 bits per heavy atom. The van der Waals surface area contributed by atoms with Crippen LogP contribution in [0.1, 0.15) is 83.8 Å². The van der Waals surface area contributed by atoms with Crippen molar-refractivity contribution in [1.29, 1.82) is 0 Å². The summed E-state index contributed by atoms with van der Waals surface area (Å²) in [5.74, 6) is 1.39. The molecule has 0 fully saturated rings. The Balaban J connectivity index is 0.000000827. The smallest absolute Gasteiger partial charge is 0.302 e. The van der Waals surface area contributed by atoms with Gasteiger partial charge in [0, 0.05) is 60.4 Å². The molecule has 0 amide bonds. The fourth-order valence-electron chi connectivity index (χ4n) is 4.02. The van der Waals surface area contributed by atoms with Crippen molar-refractivity contribution in [2.45, 2.75) is 91.7 Å². The standard InChI is InChI=1S/C24H34N3O2.C4H8O2.Nd/c1-4-6-7-8-11-20(5-2)25-23-16-18-10-9-14-29-17-19-15-21(28-3)12-13-22(19)24(18)27-26-23;1-3-6-4(2)5;/h12-13,15,20H,4-11,14,17H2,1-3H3,(H,25,26);3H2,1-2H3;/q-1;;. The van der Waals surface area contributed by atoms with E-state index < -0.39 is 0 Å². The molecule has 1 aromatic carbocycles. The van der Waals surface area contributed by atoms with E-state index in [9.17, 15) is 4.79 Å². The number of fused-ring (bicyclic) bond motifs is 3. The van der Waals surface area contributed by atoms with Crippen molar-refractivity contribution >= 4 is 11.8 Å². The minimum Gasteiger partial charge on any atom is -0.497 e. The van der Waals surface area contributed by atoms with Gasteiger partial charge in [0.05, 0.1) is 26.1 Å². The molecule has 1 aliphatic heterocycles. The first-order valence-electron chi connectivity index (χ1n) is 13.0. The Kier molecular flexibility index (Phi) is 17.1. The van der Waals surface area contributed by atoms with E-state index in [2.05, 4.69) is 46.2 Å². The number of aryl methyl sites for hydroxylation is 1. The minimum atomic E-state index is -0.211. The van der Waals surface area contributed by atoms with Gasteiger partial charge in [-0.2, -0.15) is 16.7 Å². The maximum atomic E-state index is 9.82. The summed E-state index contributed by atoms with van der Waals surface area (Å²) in [6.07, 6.45) is 9.22. The van der Waals surface area contributed by atoms with E-state index in [1.807, 2.05) is 12.1 Å². The van der Waals surface area contributed by atoms with Crippen molar-refractivity contribution < 1.29 is 59.8 Å². The van der Waals surface area contributed by atoms with Gasteiger partial charge < -0.3 is 19.5 Å². The second-order valence-electron chi connectivity index (χ2n) is 8.70. The first-order chi connectivity index (χ1) is 17.0. The fourth-order valence-corrected chi connectivity index (χ4v) is 4.02. The van der Waals surface area contributed by atoms with Crippen LogP contribution in [0.5, 0.6) is 5.75 Å². The molecule has 1 aliphatic rings. The van der Waals surface area contributed by atoms with Crippen molar-refractivity contribution in [3.8, 4) is 17.0 Å². The summed E-state index contributed by atoms with van der Waals surface area (Å²) in [7, 11) is 1.68. The molecule has 0 saturated heterocycles. The van der Waals surface area contributed by atoms with Crippen LogP contribution in [0.15, 0.2) is 18.2 Å². The van der Waals surface area contributed by atoms with Crippen molar-refractivity contribution in [1.82, 2.24) is 10.2 Å². The molecule has 3 rings (SSSR count). The van der Waals surface area contributed by atoms with Gasteiger partial charge in [-0.1, -0.05) is 63.3 Å².